The normalized spacial score (nSPS) is 11.0. The maximum Gasteiger partial charge on any atom is 0.291 e. The molecule has 1 aromatic heterocycles. The number of carbonyl (C=O) groups is 1. The van der Waals surface area contributed by atoms with E-state index in [1.165, 1.54) is 18.2 Å². The Balaban J connectivity index is 1.96. The maximum absolute atomic E-state index is 13.2. The van der Waals surface area contributed by atoms with Crippen LogP contribution in [0, 0.1) is 12.7 Å². The van der Waals surface area contributed by atoms with Gasteiger partial charge in [0.15, 0.2) is 5.76 Å². The highest BCUT2D eigenvalue weighted by Gasteiger charge is 2.21. The van der Waals surface area contributed by atoms with Gasteiger partial charge >= 0.3 is 0 Å². The SMILES string of the molecule is CCOCc1c(C(=O)Nc2ccc(F)cc2C)oc2ccccc12. The number of para-hydroxylation sites is 1. The quantitative estimate of drug-likeness (QED) is 0.741. The molecule has 0 bridgehead atoms. The lowest BCUT2D eigenvalue weighted by Gasteiger charge is -2.08. The van der Waals surface area contributed by atoms with Gasteiger partial charge in [-0.2, -0.15) is 0 Å². The Labute approximate surface area is 139 Å². The topological polar surface area (TPSA) is 51.5 Å². The summed E-state index contributed by atoms with van der Waals surface area (Å²) in [5.74, 6) is -0.504. The summed E-state index contributed by atoms with van der Waals surface area (Å²) in [6.07, 6.45) is 0. The van der Waals surface area contributed by atoms with Gasteiger partial charge in [0.05, 0.1) is 6.61 Å². The van der Waals surface area contributed by atoms with Crippen LogP contribution in [0.3, 0.4) is 0 Å². The minimum Gasteiger partial charge on any atom is -0.451 e. The van der Waals surface area contributed by atoms with Gasteiger partial charge in [-0.25, -0.2) is 4.39 Å². The molecular formula is C19H18FNO3. The van der Waals surface area contributed by atoms with Gasteiger partial charge in [0, 0.05) is 23.2 Å². The van der Waals surface area contributed by atoms with Crippen molar-refractivity contribution in [3.05, 3.63) is 65.2 Å². The minimum atomic E-state index is -0.379. The van der Waals surface area contributed by atoms with E-state index in [1.54, 1.807) is 6.92 Å². The molecule has 0 unspecified atom stereocenters. The number of furan rings is 1. The number of amides is 1. The largest absolute Gasteiger partial charge is 0.451 e. The first-order chi connectivity index (χ1) is 11.6. The van der Waals surface area contributed by atoms with E-state index in [1.807, 2.05) is 31.2 Å². The number of benzene rings is 2. The Bertz CT molecular complexity index is 885. The predicted molar refractivity (Wildman–Crippen MR) is 90.6 cm³/mol. The van der Waals surface area contributed by atoms with Crippen LogP contribution in [0.25, 0.3) is 11.0 Å². The number of nitrogens with one attached hydrogen (secondary N) is 1. The van der Waals surface area contributed by atoms with Gasteiger partial charge in [0.1, 0.15) is 11.4 Å². The van der Waals surface area contributed by atoms with Gasteiger partial charge in [-0.05, 0) is 43.7 Å². The van der Waals surface area contributed by atoms with Crippen molar-refractivity contribution in [2.45, 2.75) is 20.5 Å². The molecule has 1 amide bonds. The summed E-state index contributed by atoms with van der Waals surface area (Å²) in [6, 6.07) is 11.7. The molecule has 0 atom stereocenters. The van der Waals surface area contributed by atoms with Crippen LogP contribution < -0.4 is 5.32 Å². The van der Waals surface area contributed by atoms with E-state index in [9.17, 15) is 9.18 Å². The van der Waals surface area contributed by atoms with Gasteiger partial charge in [-0.1, -0.05) is 18.2 Å². The van der Waals surface area contributed by atoms with E-state index in [0.717, 1.165) is 5.39 Å². The summed E-state index contributed by atoms with van der Waals surface area (Å²) < 4.78 is 24.4. The number of fused-ring (bicyclic) bond motifs is 1. The van der Waals surface area contributed by atoms with Crippen molar-refractivity contribution in [3.8, 4) is 0 Å². The summed E-state index contributed by atoms with van der Waals surface area (Å²) in [4.78, 5) is 12.7. The second-order valence-corrected chi connectivity index (χ2v) is 5.46. The molecule has 24 heavy (non-hydrogen) atoms. The van der Waals surface area contributed by atoms with E-state index in [-0.39, 0.29) is 17.5 Å². The Morgan fingerprint density at radius 1 is 1.25 bits per heavy atom. The third-order valence-corrected chi connectivity index (χ3v) is 3.79. The molecule has 2 aromatic carbocycles. The third-order valence-electron chi connectivity index (χ3n) is 3.79. The van der Waals surface area contributed by atoms with Crippen molar-refractivity contribution in [3.63, 3.8) is 0 Å². The van der Waals surface area contributed by atoms with Crippen LogP contribution in [0.5, 0.6) is 0 Å². The van der Waals surface area contributed by atoms with Gasteiger partial charge < -0.3 is 14.5 Å². The molecular weight excluding hydrogens is 309 g/mol. The van der Waals surface area contributed by atoms with E-state index < -0.39 is 0 Å². The zero-order valence-electron chi connectivity index (χ0n) is 13.6. The fourth-order valence-corrected chi connectivity index (χ4v) is 2.58. The Morgan fingerprint density at radius 2 is 2.04 bits per heavy atom. The number of rotatable bonds is 5. The lowest BCUT2D eigenvalue weighted by Crippen LogP contribution is -2.14. The van der Waals surface area contributed by atoms with Crippen molar-refractivity contribution >= 4 is 22.6 Å². The molecule has 0 saturated carbocycles. The molecule has 1 heterocycles. The van der Waals surface area contributed by atoms with Crippen LogP contribution >= 0.6 is 0 Å². The van der Waals surface area contributed by atoms with E-state index in [0.29, 0.717) is 35.6 Å². The first-order valence-corrected chi connectivity index (χ1v) is 7.75. The molecule has 1 N–H and O–H groups in total. The monoisotopic (exact) mass is 327 g/mol. The highest BCUT2D eigenvalue weighted by molar-refractivity contribution is 6.06. The first-order valence-electron chi connectivity index (χ1n) is 7.75. The van der Waals surface area contributed by atoms with Crippen molar-refractivity contribution in [2.24, 2.45) is 0 Å². The molecule has 0 fully saturated rings. The number of aryl methyl sites for hydroxylation is 1. The second kappa shape index (κ2) is 6.84. The summed E-state index contributed by atoms with van der Waals surface area (Å²) in [5.41, 5.74) is 2.54. The predicted octanol–water partition coefficient (Wildman–Crippen LogP) is 4.67. The van der Waals surface area contributed by atoms with E-state index in [4.69, 9.17) is 9.15 Å². The zero-order valence-corrected chi connectivity index (χ0v) is 13.6. The summed E-state index contributed by atoms with van der Waals surface area (Å²) in [5, 5.41) is 3.63. The van der Waals surface area contributed by atoms with Crippen LogP contribution in [0.1, 0.15) is 28.6 Å². The van der Waals surface area contributed by atoms with Crippen molar-refractivity contribution in [2.75, 3.05) is 11.9 Å². The standard InChI is InChI=1S/C19H18FNO3/c1-3-23-11-15-14-6-4-5-7-17(14)24-18(15)19(22)21-16-9-8-13(20)10-12(16)2/h4-10H,3,11H2,1-2H3,(H,21,22). The van der Waals surface area contributed by atoms with E-state index >= 15 is 0 Å². The smallest absolute Gasteiger partial charge is 0.291 e. The van der Waals surface area contributed by atoms with Gasteiger partial charge in [-0.15, -0.1) is 0 Å². The number of anilines is 1. The van der Waals surface area contributed by atoms with E-state index in [2.05, 4.69) is 5.32 Å². The first kappa shape index (κ1) is 16.2. The minimum absolute atomic E-state index is 0.216. The zero-order chi connectivity index (χ0) is 17.1. The lowest BCUT2D eigenvalue weighted by molar-refractivity contribution is 0.0984. The number of halogens is 1. The molecule has 0 aliphatic carbocycles. The summed E-state index contributed by atoms with van der Waals surface area (Å²) >= 11 is 0. The molecule has 3 aromatic rings. The number of carbonyl (C=O) groups excluding carboxylic acids is 1. The van der Waals surface area contributed by atoms with Crippen molar-refractivity contribution < 1.29 is 18.3 Å². The highest BCUT2D eigenvalue weighted by Crippen LogP contribution is 2.28. The van der Waals surface area contributed by atoms with Crippen molar-refractivity contribution in [1.29, 1.82) is 0 Å². The lowest BCUT2D eigenvalue weighted by atomic mass is 10.1. The average molecular weight is 327 g/mol. The summed E-state index contributed by atoms with van der Waals surface area (Å²) in [7, 11) is 0. The molecule has 5 heteroatoms. The maximum atomic E-state index is 13.2. The molecule has 3 rings (SSSR count). The Morgan fingerprint density at radius 3 is 2.79 bits per heavy atom. The molecule has 0 saturated heterocycles. The fraction of sp³-hybridized carbons (Fsp3) is 0.211. The van der Waals surface area contributed by atoms with Gasteiger partial charge in [-0.3, -0.25) is 4.79 Å². The Kier molecular flexibility index (Phi) is 4.62. The van der Waals surface area contributed by atoms with Gasteiger partial charge in [0.2, 0.25) is 0 Å². The van der Waals surface area contributed by atoms with Gasteiger partial charge in [0.25, 0.3) is 5.91 Å². The average Bonchev–Trinajstić information content (AvgIpc) is 2.94. The molecule has 0 spiro atoms. The number of ether oxygens (including phenoxy) is 1. The third kappa shape index (κ3) is 3.16. The second-order valence-electron chi connectivity index (χ2n) is 5.46. The molecule has 124 valence electrons. The van der Waals surface area contributed by atoms with Crippen LogP contribution in [0.15, 0.2) is 46.9 Å². The molecule has 0 aliphatic heterocycles. The highest BCUT2D eigenvalue weighted by atomic mass is 19.1. The fourth-order valence-electron chi connectivity index (χ4n) is 2.58. The van der Waals surface area contributed by atoms with Crippen LogP contribution in [-0.4, -0.2) is 12.5 Å². The van der Waals surface area contributed by atoms with Crippen LogP contribution in [-0.2, 0) is 11.3 Å². The Hall–Kier alpha value is -2.66. The molecule has 4 nitrogen and oxygen atoms in total. The van der Waals surface area contributed by atoms with Crippen molar-refractivity contribution in [1.82, 2.24) is 0 Å². The van der Waals surface area contributed by atoms with Crippen LogP contribution in [0.4, 0.5) is 10.1 Å². The van der Waals surface area contributed by atoms with Crippen LogP contribution in [0.2, 0.25) is 0 Å². The number of hydrogen-bond acceptors (Lipinski definition) is 3. The molecule has 0 radical (unpaired) electrons. The number of hydrogen-bond donors (Lipinski definition) is 1. The molecule has 0 aliphatic rings. The summed E-state index contributed by atoms with van der Waals surface area (Å²) in [6.45, 7) is 4.46.